The quantitative estimate of drug-likeness (QED) is 0.724. The topological polar surface area (TPSA) is 52.9 Å². The smallest absolute Gasteiger partial charge is 0.488 e. The molecule has 0 spiro atoms. The number of likely N-dealkylation sites (N-methyl/N-ethyl adjacent to an activating group) is 1. The van der Waals surface area contributed by atoms with Gasteiger partial charge in [-0.05, 0) is 24.1 Å². The van der Waals surface area contributed by atoms with Crippen molar-refractivity contribution in [3.05, 3.63) is 24.3 Å². The monoisotopic (exact) mass is 291 g/mol. The third-order valence-electron chi connectivity index (χ3n) is 2.68. The Morgan fingerprint density at radius 1 is 1.30 bits per heavy atom. The molecule has 1 aromatic carbocycles. The van der Waals surface area contributed by atoms with Gasteiger partial charge in [-0.2, -0.15) is 13.2 Å². The number of hydrogen-bond donors (Lipinski definition) is 2. The molecule has 8 heteroatoms. The molecule has 0 aliphatic carbocycles. The number of rotatable bonds is 7. The molecule has 1 rings (SSSR count). The molecule has 1 aromatic rings. The Balaban J connectivity index is 2.45. The first-order valence-electron chi connectivity index (χ1n) is 6.20. The molecule has 0 heterocycles. The van der Waals surface area contributed by atoms with Crippen LogP contribution in [-0.2, 0) is 0 Å². The first-order chi connectivity index (χ1) is 9.31. The number of nitrogens with zero attached hydrogens (tertiary/aromatic N) is 1. The fraction of sp³-hybridized carbons (Fsp3) is 0.500. The molecule has 0 amide bonds. The van der Waals surface area contributed by atoms with Crippen LogP contribution in [0.3, 0.4) is 0 Å². The summed E-state index contributed by atoms with van der Waals surface area (Å²) in [6.07, 6.45) is -4.23. The Bertz CT molecular complexity index is 415. The maximum absolute atomic E-state index is 12.2. The van der Waals surface area contributed by atoms with E-state index in [4.69, 9.17) is 14.8 Å². The molecule has 0 aromatic heterocycles. The molecule has 2 N–H and O–H groups in total. The van der Waals surface area contributed by atoms with Gasteiger partial charge in [-0.3, -0.25) is 4.90 Å². The minimum Gasteiger partial charge on any atom is -0.492 e. The molecule has 0 radical (unpaired) electrons. The fourth-order valence-electron chi connectivity index (χ4n) is 1.66. The van der Waals surface area contributed by atoms with Crippen LogP contribution in [0.1, 0.15) is 6.92 Å². The predicted octanol–water partition coefficient (Wildman–Crippen LogP) is 0.629. The zero-order valence-electron chi connectivity index (χ0n) is 11.1. The number of benzene rings is 1. The third kappa shape index (κ3) is 6.27. The van der Waals surface area contributed by atoms with Gasteiger partial charge >= 0.3 is 13.3 Å². The summed E-state index contributed by atoms with van der Waals surface area (Å²) in [5, 5.41) is 18.0. The lowest BCUT2D eigenvalue weighted by molar-refractivity contribution is -0.146. The second-order valence-electron chi connectivity index (χ2n) is 4.28. The third-order valence-corrected chi connectivity index (χ3v) is 2.68. The van der Waals surface area contributed by atoms with E-state index in [1.807, 2.05) is 0 Å². The molecule has 4 nitrogen and oxygen atoms in total. The molecule has 0 aliphatic heterocycles. The largest absolute Gasteiger partial charge is 0.492 e. The standard InChI is InChI=1S/C12H17BF3NO3/c1-2-17(9-12(14,15)16)6-7-20-11-5-3-4-10(8-11)13(18)19/h3-5,8,18-19H,2,6-7,9H2,1H3. The first-order valence-corrected chi connectivity index (χ1v) is 6.20. The van der Waals surface area contributed by atoms with Gasteiger partial charge in [0.2, 0.25) is 0 Å². The van der Waals surface area contributed by atoms with Gasteiger partial charge in [0, 0.05) is 6.54 Å². The van der Waals surface area contributed by atoms with E-state index >= 15 is 0 Å². The highest BCUT2D eigenvalue weighted by Gasteiger charge is 2.29. The molecule has 0 aliphatic rings. The Kier molecular flexibility index (Phi) is 6.32. The van der Waals surface area contributed by atoms with Gasteiger partial charge in [-0.1, -0.05) is 19.1 Å². The van der Waals surface area contributed by atoms with E-state index in [2.05, 4.69) is 0 Å². The number of ether oxygens (including phenoxy) is 1. The molecule has 0 unspecified atom stereocenters. The summed E-state index contributed by atoms with van der Waals surface area (Å²) >= 11 is 0. The van der Waals surface area contributed by atoms with Gasteiger partial charge < -0.3 is 14.8 Å². The Hall–Kier alpha value is -1.25. The van der Waals surface area contributed by atoms with Gasteiger partial charge in [-0.15, -0.1) is 0 Å². The average Bonchev–Trinajstić information content (AvgIpc) is 2.36. The highest BCUT2D eigenvalue weighted by atomic mass is 19.4. The summed E-state index contributed by atoms with van der Waals surface area (Å²) in [6, 6.07) is 6.13. The molecular formula is C12H17BF3NO3. The number of alkyl halides is 3. The van der Waals surface area contributed by atoms with Crippen LogP contribution in [-0.4, -0.2) is 54.5 Å². The zero-order chi connectivity index (χ0) is 15.2. The van der Waals surface area contributed by atoms with Crippen LogP contribution in [0.15, 0.2) is 24.3 Å². The van der Waals surface area contributed by atoms with Crippen LogP contribution in [0.2, 0.25) is 0 Å². The normalized spacial score (nSPS) is 11.8. The van der Waals surface area contributed by atoms with Crippen molar-refractivity contribution < 1.29 is 28.0 Å². The van der Waals surface area contributed by atoms with E-state index in [0.717, 1.165) is 0 Å². The number of halogens is 3. The molecule has 0 saturated carbocycles. The lowest BCUT2D eigenvalue weighted by Crippen LogP contribution is -2.36. The van der Waals surface area contributed by atoms with Crippen molar-refractivity contribution in [2.24, 2.45) is 0 Å². The van der Waals surface area contributed by atoms with Gasteiger partial charge in [0.15, 0.2) is 0 Å². The molecule has 0 bridgehead atoms. The van der Waals surface area contributed by atoms with E-state index in [1.54, 1.807) is 19.1 Å². The van der Waals surface area contributed by atoms with Crippen LogP contribution in [0.25, 0.3) is 0 Å². The molecule has 0 fully saturated rings. The molecular weight excluding hydrogens is 274 g/mol. The predicted molar refractivity (Wildman–Crippen MR) is 69.9 cm³/mol. The van der Waals surface area contributed by atoms with E-state index in [-0.39, 0.29) is 25.2 Å². The van der Waals surface area contributed by atoms with E-state index < -0.39 is 19.8 Å². The second-order valence-corrected chi connectivity index (χ2v) is 4.28. The second kappa shape index (κ2) is 7.51. The maximum atomic E-state index is 12.2. The van der Waals surface area contributed by atoms with Crippen molar-refractivity contribution >= 4 is 12.6 Å². The van der Waals surface area contributed by atoms with Crippen molar-refractivity contribution in [1.29, 1.82) is 0 Å². The van der Waals surface area contributed by atoms with Gasteiger partial charge in [0.25, 0.3) is 0 Å². The zero-order valence-corrected chi connectivity index (χ0v) is 11.1. The summed E-state index contributed by atoms with van der Waals surface area (Å²) in [4.78, 5) is 1.23. The SMILES string of the molecule is CCN(CCOc1cccc(B(O)O)c1)CC(F)(F)F. The summed E-state index contributed by atoms with van der Waals surface area (Å²) in [6.45, 7) is 1.19. The van der Waals surface area contributed by atoms with Crippen LogP contribution >= 0.6 is 0 Å². The van der Waals surface area contributed by atoms with Crippen molar-refractivity contribution in [3.63, 3.8) is 0 Å². The van der Waals surface area contributed by atoms with Crippen molar-refractivity contribution in [3.8, 4) is 5.75 Å². The average molecular weight is 291 g/mol. The van der Waals surface area contributed by atoms with E-state index in [1.165, 1.54) is 17.0 Å². The van der Waals surface area contributed by atoms with Crippen LogP contribution < -0.4 is 10.2 Å². The summed E-state index contributed by atoms with van der Waals surface area (Å²) in [7, 11) is -1.60. The van der Waals surface area contributed by atoms with Gasteiger partial charge in [0.05, 0.1) is 6.54 Å². The van der Waals surface area contributed by atoms with Crippen molar-refractivity contribution in [1.82, 2.24) is 4.90 Å². The van der Waals surface area contributed by atoms with E-state index in [9.17, 15) is 13.2 Å². The summed E-state index contributed by atoms with van der Waals surface area (Å²) < 4.78 is 42.1. The first kappa shape index (κ1) is 16.8. The fourth-order valence-corrected chi connectivity index (χ4v) is 1.66. The highest BCUT2D eigenvalue weighted by Crippen LogP contribution is 2.16. The number of hydrogen-bond acceptors (Lipinski definition) is 4. The molecule has 0 atom stereocenters. The van der Waals surface area contributed by atoms with E-state index in [0.29, 0.717) is 5.75 Å². The minimum atomic E-state index is -4.23. The van der Waals surface area contributed by atoms with Crippen molar-refractivity contribution in [2.45, 2.75) is 13.1 Å². The molecule has 112 valence electrons. The Morgan fingerprint density at radius 2 is 2.00 bits per heavy atom. The minimum absolute atomic E-state index is 0.0922. The maximum Gasteiger partial charge on any atom is 0.488 e. The highest BCUT2D eigenvalue weighted by molar-refractivity contribution is 6.58. The Morgan fingerprint density at radius 3 is 2.55 bits per heavy atom. The van der Waals surface area contributed by atoms with Crippen molar-refractivity contribution in [2.75, 3.05) is 26.2 Å². The Labute approximate surface area is 115 Å². The van der Waals surface area contributed by atoms with Crippen LogP contribution in [0.4, 0.5) is 13.2 Å². The van der Waals surface area contributed by atoms with Crippen LogP contribution in [0.5, 0.6) is 5.75 Å². The van der Waals surface area contributed by atoms with Gasteiger partial charge in [0.1, 0.15) is 12.4 Å². The lowest BCUT2D eigenvalue weighted by atomic mass is 9.80. The summed E-state index contributed by atoms with van der Waals surface area (Å²) in [5.41, 5.74) is 0.269. The van der Waals surface area contributed by atoms with Gasteiger partial charge in [-0.25, -0.2) is 0 Å². The lowest BCUT2D eigenvalue weighted by Gasteiger charge is -2.21. The molecule has 0 saturated heterocycles. The summed E-state index contributed by atoms with van der Waals surface area (Å²) in [5.74, 6) is 0.388. The van der Waals surface area contributed by atoms with Crippen LogP contribution in [0, 0.1) is 0 Å². The molecule has 20 heavy (non-hydrogen) atoms.